The first-order valence-corrected chi connectivity index (χ1v) is 5.84. The maximum Gasteiger partial charge on any atom is 0.263 e. The zero-order chi connectivity index (χ0) is 11.7. The van der Waals surface area contributed by atoms with Crippen molar-refractivity contribution in [2.45, 2.75) is 6.92 Å². The number of phenols is 1. The van der Waals surface area contributed by atoms with E-state index < -0.39 is 0 Å². The van der Waals surface area contributed by atoms with Crippen LogP contribution in [-0.2, 0) is 4.79 Å². The van der Waals surface area contributed by atoms with Gasteiger partial charge in [-0.1, -0.05) is 42.2 Å². The second-order valence-corrected chi connectivity index (χ2v) is 5.08. The quantitative estimate of drug-likeness (QED) is 0.593. The Morgan fingerprint density at radius 3 is 2.88 bits per heavy atom. The van der Waals surface area contributed by atoms with E-state index in [0.29, 0.717) is 14.8 Å². The van der Waals surface area contributed by atoms with Gasteiger partial charge in [-0.05, 0) is 18.6 Å². The topological polar surface area (TPSA) is 49.3 Å². The Morgan fingerprint density at radius 2 is 2.25 bits per heavy atom. The molecule has 0 radical (unpaired) electrons. The molecule has 0 unspecified atom stereocenters. The summed E-state index contributed by atoms with van der Waals surface area (Å²) >= 11 is 6.08. The second-order valence-electron chi connectivity index (χ2n) is 3.36. The van der Waals surface area contributed by atoms with Crippen molar-refractivity contribution in [1.82, 2.24) is 5.32 Å². The first-order chi connectivity index (χ1) is 7.58. The van der Waals surface area contributed by atoms with Gasteiger partial charge in [-0.3, -0.25) is 4.79 Å². The number of thiocarbonyl (C=S) groups is 1. The van der Waals surface area contributed by atoms with Gasteiger partial charge in [-0.2, -0.15) is 0 Å². The highest BCUT2D eigenvalue weighted by molar-refractivity contribution is 8.26. The highest BCUT2D eigenvalue weighted by atomic mass is 32.2. The number of hydrogen-bond donors (Lipinski definition) is 2. The Bertz CT molecular complexity index is 509. The number of aromatic hydroxyl groups is 1. The molecule has 1 heterocycles. The third-order valence-corrected chi connectivity index (χ3v) is 3.36. The summed E-state index contributed by atoms with van der Waals surface area (Å²) < 4.78 is 0.448. The SMILES string of the molecule is Cc1cccc(C=C2SC(=S)NC2=O)c1O. The predicted molar refractivity (Wildman–Crippen MR) is 69.2 cm³/mol. The molecule has 1 aromatic carbocycles. The molecular weight excluding hydrogens is 242 g/mol. The number of phenolic OH excluding ortho intramolecular Hbond substituents is 1. The summed E-state index contributed by atoms with van der Waals surface area (Å²) in [6.45, 7) is 1.81. The number of benzene rings is 1. The lowest BCUT2D eigenvalue weighted by Gasteiger charge is -2.02. The molecule has 1 aromatic rings. The van der Waals surface area contributed by atoms with E-state index in [1.165, 1.54) is 11.8 Å². The van der Waals surface area contributed by atoms with Gasteiger partial charge in [0.25, 0.3) is 5.91 Å². The van der Waals surface area contributed by atoms with Gasteiger partial charge in [-0.15, -0.1) is 0 Å². The van der Waals surface area contributed by atoms with Gasteiger partial charge in [-0.25, -0.2) is 0 Å². The molecule has 3 nitrogen and oxygen atoms in total. The van der Waals surface area contributed by atoms with Crippen molar-refractivity contribution in [2.75, 3.05) is 0 Å². The summed E-state index contributed by atoms with van der Waals surface area (Å²) in [5, 5.41) is 12.3. The van der Waals surface area contributed by atoms with E-state index in [4.69, 9.17) is 12.2 Å². The number of hydrogen-bond acceptors (Lipinski definition) is 4. The highest BCUT2D eigenvalue weighted by Crippen LogP contribution is 2.30. The maximum absolute atomic E-state index is 11.4. The van der Waals surface area contributed by atoms with Crippen LogP contribution < -0.4 is 5.32 Å². The fourth-order valence-electron chi connectivity index (χ4n) is 1.36. The minimum Gasteiger partial charge on any atom is -0.507 e. The van der Waals surface area contributed by atoms with Crippen LogP contribution in [0.4, 0.5) is 0 Å². The second kappa shape index (κ2) is 4.27. The van der Waals surface area contributed by atoms with Gasteiger partial charge in [0.15, 0.2) is 0 Å². The average molecular weight is 251 g/mol. The lowest BCUT2D eigenvalue weighted by molar-refractivity contribution is -0.115. The molecule has 0 saturated carbocycles. The van der Waals surface area contributed by atoms with E-state index in [-0.39, 0.29) is 11.7 Å². The summed E-state index contributed by atoms with van der Waals surface area (Å²) in [7, 11) is 0. The number of nitrogens with one attached hydrogen (secondary N) is 1. The summed E-state index contributed by atoms with van der Waals surface area (Å²) in [5.41, 5.74) is 1.41. The summed E-state index contributed by atoms with van der Waals surface area (Å²) in [5.74, 6) is -0.0166. The van der Waals surface area contributed by atoms with E-state index in [0.717, 1.165) is 5.56 Å². The summed E-state index contributed by atoms with van der Waals surface area (Å²) in [4.78, 5) is 11.9. The molecule has 5 heteroatoms. The number of para-hydroxylation sites is 1. The predicted octanol–water partition coefficient (Wildman–Crippen LogP) is 2.19. The molecule has 0 aromatic heterocycles. The van der Waals surface area contributed by atoms with Crippen molar-refractivity contribution in [2.24, 2.45) is 0 Å². The van der Waals surface area contributed by atoms with Crippen molar-refractivity contribution < 1.29 is 9.90 Å². The van der Waals surface area contributed by atoms with Crippen molar-refractivity contribution >= 4 is 40.3 Å². The minimum atomic E-state index is -0.212. The normalized spacial score (nSPS) is 17.9. The van der Waals surface area contributed by atoms with Crippen molar-refractivity contribution in [1.29, 1.82) is 0 Å². The van der Waals surface area contributed by atoms with Crippen LogP contribution in [-0.4, -0.2) is 15.3 Å². The molecule has 16 heavy (non-hydrogen) atoms. The van der Waals surface area contributed by atoms with Crippen molar-refractivity contribution in [3.8, 4) is 5.75 Å². The van der Waals surface area contributed by atoms with E-state index in [1.807, 2.05) is 19.1 Å². The Hall–Kier alpha value is -1.33. The maximum atomic E-state index is 11.4. The molecule has 0 bridgehead atoms. The monoisotopic (exact) mass is 251 g/mol. The summed E-state index contributed by atoms with van der Waals surface area (Å²) in [6, 6.07) is 5.39. The van der Waals surface area contributed by atoms with Crippen LogP contribution >= 0.6 is 24.0 Å². The van der Waals surface area contributed by atoms with Crippen molar-refractivity contribution in [3.63, 3.8) is 0 Å². The number of amides is 1. The van der Waals surface area contributed by atoms with E-state index in [2.05, 4.69) is 5.32 Å². The van der Waals surface area contributed by atoms with Crippen LogP contribution in [0.25, 0.3) is 6.08 Å². The third kappa shape index (κ3) is 2.10. The molecule has 1 saturated heterocycles. The van der Waals surface area contributed by atoms with Gasteiger partial charge < -0.3 is 10.4 Å². The molecule has 82 valence electrons. The molecule has 0 spiro atoms. The lowest BCUT2D eigenvalue weighted by Crippen LogP contribution is -2.17. The van der Waals surface area contributed by atoms with Crippen LogP contribution in [0, 0.1) is 6.92 Å². The van der Waals surface area contributed by atoms with Crippen LogP contribution in [0.3, 0.4) is 0 Å². The number of carbonyl (C=O) groups is 1. The fourth-order valence-corrected chi connectivity index (χ4v) is 2.40. The fraction of sp³-hybridized carbons (Fsp3) is 0.0909. The van der Waals surface area contributed by atoms with Crippen molar-refractivity contribution in [3.05, 3.63) is 34.2 Å². The van der Waals surface area contributed by atoms with E-state index >= 15 is 0 Å². The number of thioether (sulfide) groups is 1. The summed E-state index contributed by atoms with van der Waals surface area (Å²) in [6.07, 6.45) is 1.64. The molecule has 1 fully saturated rings. The number of carbonyl (C=O) groups excluding carboxylic acids is 1. The Kier molecular flexibility index (Phi) is 2.98. The van der Waals surface area contributed by atoms with E-state index in [1.54, 1.807) is 12.1 Å². The van der Waals surface area contributed by atoms with Gasteiger partial charge in [0.05, 0.1) is 4.91 Å². The van der Waals surface area contributed by atoms with E-state index in [9.17, 15) is 9.90 Å². The Balaban J connectivity index is 2.40. The van der Waals surface area contributed by atoms with Crippen LogP contribution in [0.2, 0.25) is 0 Å². The smallest absolute Gasteiger partial charge is 0.263 e. The first-order valence-electron chi connectivity index (χ1n) is 4.61. The molecule has 0 aliphatic carbocycles. The molecule has 0 atom stereocenters. The van der Waals surface area contributed by atoms with Gasteiger partial charge in [0, 0.05) is 5.56 Å². The minimum absolute atomic E-state index is 0.196. The standard InChI is InChI=1S/C11H9NO2S2/c1-6-3-2-4-7(9(6)13)5-8-10(14)12-11(15)16-8/h2-5,13H,1H3,(H,12,14,15). The zero-order valence-electron chi connectivity index (χ0n) is 8.48. The number of rotatable bonds is 1. The van der Waals surface area contributed by atoms with Gasteiger partial charge in [0.2, 0.25) is 0 Å². The molecule has 1 aliphatic heterocycles. The van der Waals surface area contributed by atoms with Crippen LogP contribution in [0.5, 0.6) is 5.75 Å². The molecule has 2 rings (SSSR count). The van der Waals surface area contributed by atoms with Crippen LogP contribution in [0.1, 0.15) is 11.1 Å². The lowest BCUT2D eigenvalue weighted by atomic mass is 10.1. The Labute approximate surface area is 103 Å². The largest absolute Gasteiger partial charge is 0.507 e. The molecule has 1 aliphatic rings. The van der Waals surface area contributed by atoms with Gasteiger partial charge >= 0.3 is 0 Å². The zero-order valence-corrected chi connectivity index (χ0v) is 10.1. The molecule has 2 N–H and O–H groups in total. The first kappa shape index (κ1) is 11.2. The Morgan fingerprint density at radius 1 is 1.50 bits per heavy atom. The third-order valence-electron chi connectivity index (χ3n) is 2.20. The molecule has 1 amide bonds. The average Bonchev–Trinajstić information content (AvgIpc) is 2.53. The van der Waals surface area contributed by atoms with Crippen LogP contribution in [0.15, 0.2) is 23.1 Å². The highest BCUT2D eigenvalue weighted by Gasteiger charge is 2.22. The molecular formula is C11H9NO2S2. The van der Waals surface area contributed by atoms with Gasteiger partial charge in [0.1, 0.15) is 10.1 Å². The number of aryl methyl sites for hydroxylation is 1.